The normalized spacial score (nSPS) is 13.7. The van der Waals surface area contributed by atoms with Gasteiger partial charge in [0.1, 0.15) is 6.10 Å². The monoisotopic (exact) mass is 976 g/mol. The SMILES string of the molecule is CCCCC/C=C\C/C=C\C/C=C\C/C=C\CCCCCC(=O)OC(CCCCCC/C=C\C/C=C\C/C=C\CCCCC)CC(=O)NC(CO)C(O)CCCCCCCCCCCCCCCCC. The van der Waals surface area contributed by atoms with E-state index < -0.39 is 18.2 Å². The Balaban J connectivity index is 4.68. The number of aliphatic hydroxyl groups is 2. The van der Waals surface area contributed by atoms with Gasteiger partial charge in [-0.1, -0.05) is 247 Å². The summed E-state index contributed by atoms with van der Waals surface area (Å²) in [6.45, 7) is 6.44. The third-order valence-corrected chi connectivity index (χ3v) is 13.2. The molecule has 6 heteroatoms. The molecule has 3 atom stereocenters. The van der Waals surface area contributed by atoms with Gasteiger partial charge < -0.3 is 20.3 Å². The van der Waals surface area contributed by atoms with Gasteiger partial charge in [-0.2, -0.15) is 0 Å². The molecule has 0 aliphatic carbocycles. The van der Waals surface area contributed by atoms with Crippen molar-refractivity contribution in [1.29, 1.82) is 0 Å². The van der Waals surface area contributed by atoms with E-state index >= 15 is 0 Å². The van der Waals surface area contributed by atoms with Crippen LogP contribution < -0.4 is 5.32 Å². The molecule has 0 saturated heterocycles. The summed E-state index contributed by atoms with van der Waals surface area (Å²) < 4.78 is 5.95. The molecule has 70 heavy (non-hydrogen) atoms. The zero-order chi connectivity index (χ0) is 50.9. The van der Waals surface area contributed by atoms with E-state index in [-0.39, 0.29) is 24.9 Å². The highest BCUT2D eigenvalue weighted by Crippen LogP contribution is 2.18. The van der Waals surface area contributed by atoms with Gasteiger partial charge in [0, 0.05) is 6.42 Å². The zero-order valence-corrected chi connectivity index (χ0v) is 46.1. The van der Waals surface area contributed by atoms with Crippen LogP contribution in [0.3, 0.4) is 0 Å². The molecule has 6 nitrogen and oxygen atoms in total. The van der Waals surface area contributed by atoms with Gasteiger partial charge in [0.05, 0.1) is 25.2 Å². The van der Waals surface area contributed by atoms with Crippen LogP contribution >= 0.6 is 0 Å². The Hall–Kier alpha value is -2.96. The molecule has 3 unspecified atom stereocenters. The molecule has 3 N–H and O–H groups in total. The van der Waals surface area contributed by atoms with E-state index in [0.29, 0.717) is 19.3 Å². The Bertz CT molecular complexity index is 1330. The second kappa shape index (κ2) is 56.9. The minimum atomic E-state index is -0.805. The predicted octanol–water partition coefficient (Wildman–Crippen LogP) is 18.7. The number of amides is 1. The zero-order valence-electron chi connectivity index (χ0n) is 46.1. The fourth-order valence-electron chi connectivity index (χ4n) is 8.66. The van der Waals surface area contributed by atoms with Gasteiger partial charge in [0.15, 0.2) is 0 Å². The van der Waals surface area contributed by atoms with Crippen molar-refractivity contribution in [3.63, 3.8) is 0 Å². The summed E-state index contributed by atoms with van der Waals surface area (Å²) in [5, 5.41) is 23.9. The first-order chi connectivity index (χ1) is 34.5. The maximum Gasteiger partial charge on any atom is 0.306 e. The van der Waals surface area contributed by atoms with E-state index in [1.807, 2.05) is 0 Å². The van der Waals surface area contributed by atoms with Crippen molar-refractivity contribution in [3.8, 4) is 0 Å². The maximum atomic E-state index is 13.3. The van der Waals surface area contributed by atoms with Crippen molar-refractivity contribution in [1.82, 2.24) is 5.32 Å². The minimum absolute atomic E-state index is 0.0465. The van der Waals surface area contributed by atoms with Gasteiger partial charge in [-0.25, -0.2) is 0 Å². The van der Waals surface area contributed by atoms with E-state index in [4.69, 9.17) is 4.74 Å². The average molecular weight is 977 g/mol. The van der Waals surface area contributed by atoms with Crippen molar-refractivity contribution in [2.75, 3.05) is 6.61 Å². The predicted molar refractivity (Wildman–Crippen MR) is 305 cm³/mol. The molecule has 0 aliphatic heterocycles. The van der Waals surface area contributed by atoms with Crippen LogP contribution in [-0.2, 0) is 14.3 Å². The average Bonchev–Trinajstić information content (AvgIpc) is 3.35. The first kappa shape index (κ1) is 67.0. The number of rotatable bonds is 53. The van der Waals surface area contributed by atoms with Crippen LogP contribution in [0, 0.1) is 0 Å². The first-order valence-corrected chi connectivity index (χ1v) is 29.8. The van der Waals surface area contributed by atoms with Gasteiger partial charge in [0.2, 0.25) is 5.91 Å². The molecule has 0 aromatic rings. The van der Waals surface area contributed by atoms with Crippen LogP contribution in [0.5, 0.6) is 0 Å². The number of carbonyl (C=O) groups is 2. The Morgan fingerprint density at radius 3 is 1.13 bits per heavy atom. The summed E-state index contributed by atoms with van der Waals surface area (Å²) in [5.74, 6) is -0.529. The molecule has 0 bridgehead atoms. The molecule has 0 aliphatic rings. The summed E-state index contributed by atoms with van der Waals surface area (Å²) in [6.07, 6.45) is 75.0. The van der Waals surface area contributed by atoms with Crippen molar-refractivity contribution in [3.05, 3.63) is 85.1 Å². The third-order valence-electron chi connectivity index (χ3n) is 13.2. The Labute approximate surface area is 433 Å². The molecule has 0 rings (SSSR count). The summed E-state index contributed by atoms with van der Waals surface area (Å²) in [5.41, 5.74) is 0. The lowest BCUT2D eigenvalue weighted by atomic mass is 10.0. The van der Waals surface area contributed by atoms with Gasteiger partial charge in [-0.3, -0.25) is 9.59 Å². The summed E-state index contributed by atoms with van der Waals surface area (Å²) in [4.78, 5) is 26.3. The molecule has 0 saturated carbocycles. The molecule has 0 aromatic carbocycles. The Morgan fingerprint density at radius 1 is 0.414 bits per heavy atom. The molecule has 404 valence electrons. The molecule has 0 aromatic heterocycles. The van der Waals surface area contributed by atoms with E-state index in [1.54, 1.807) is 0 Å². The lowest BCUT2D eigenvalue weighted by Gasteiger charge is -2.24. The van der Waals surface area contributed by atoms with Crippen molar-refractivity contribution < 1.29 is 24.5 Å². The fraction of sp³-hybridized carbons (Fsp3) is 0.750. The lowest BCUT2D eigenvalue weighted by Crippen LogP contribution is -2.46. The number of ether oxygens (including phenoxy) is 1. The number of unbranched alkanes of at least 4 members (excludes halogenated alkanes) is 27. The number of hydrogen-bond donors (Lipinski definition) is 3. The highest BCUT2D eigenvalue weighted by atomic mass is 16.5. The van der Waals surface area contributed by atoms with Crippen LogP contribution in [0.1, 0.15) is 284 Å². The molecule has 0 spiro atoms. The van der Waals surface area contributed by atoms with Crippen molar-refractivity contribution in [2.24, 2.45) is 0 Å². The van der Waals surface area contributed by atoms with Crippen LogP contribution in [0.2, 0.25) is 0 Å². The van der Waals surface area contributed by atoms with Crippen molar-refractivity contribution in [2.45, 2.75) is 302 Å². The minimum Gasteiger partial charge on any atom is -0.462 e. The van der Waals surface area contributed by atoms with E-state index in [9.17, 15) is 19.8 Å². The van der Waals surface area contributed by atoms with Crippen LogP contribution in [0.4, 0.5) is 0 Å². The van der Waals surface area contributed by atoms with Gasteiger partial charge in [-0.15, -0.1) is 0 Å². The smallest absolute Gasteiger partial charge is 0.306 e. The second-order valence-electron chi connectivity index (χ2n) is 20.0. The number of hydrogen-bond acceptors (Lipinski definition) is 5. The number of esters is 1. The van der Waals surface area contributed by atoms with Gasteiger partial charge in [-0.05, 0) is 109 Å². The molecular weight excluding hydrogens is 863 g/mol. The molecule has 0 radical (unpaired) electrons. The molecule has 1 amide bonds. The quantitative estimate of drug-likeness (QED) is 0.0321. The summed E-state index contributed by atoms with van der Waals surface area (Å²) >= 11 is 0. The standard InChI is InChI=1S/C64H113NO5/c1-4-7-10-13-16-19-22-25-28-30-31-33-36-39-42-45-48-51-54-57-64(69)70-60(55-52-49-46-43-40-37-35-32-29-26-23-20-17-14-11-8-5-2)58-63(68)65-61(59-66)62(67)56-53-50-47-44-41-38-34-27-24-21-18-15-12-9-6-3/h16-17,19-20,25-26,28-29,31,33,35,37,39,42,60-62,66-67H,4-15,18,21-24,27,30,32,34,36,38,40-41,43-59H2,1-3H3,(H,65,68)/b19-16-,20-17-,28-25-,29-26-,33-31-,37-35-,42-39-. The van der Waals surface area contributed by atoms with Gasteiger partial charge in [0.25, 0.3) is 0 Å². The molecular formula is C64H113NO5. The van der Waals surface area contributed by atoms with Crippen LogP contribution in [-0.4, -0.2) is 46.9 Å². The van der Waals surface area contributed by atoms with E-state index in [0.717, 1.165) is 109 Å². The Kier molecular flexibility index (Phi) is 54.5. The number of nitrogens with one attached hydrogen (secondary N) is 1. The Morgan fingerprint density at radius 2 is 0.729 bits per heavy atom. The lowest BCUT2D eigenvalue weighted by molar-refractivity contribution is -0.151. The second-order valence-corrected chi connectivity index (χ2v) is 20.0. The van der Waals surface area contributed by atoms with Crippen LogP contribution in [0.15, 0.2) is 85.1 Å². The summed E-state index contributed by atoms with van der Waals surface area (Å²) in [7, 11) is 0. The third kappa shape index (κ3) is 51.4. The van der Waals surface area contributed by atoms with Gasteiger partial charge >= 0.3 is 5.97 Å². The maximum absolute atomic E-state index is 13.3. The molecule has 0 fully saturated rings. The topological polar surface area (TPSA) is 95.9 Å². The van der Waals surface area contributed by atoms with E-state index in [1.165, 1.54) is 128 Å². The number of allylic oxidation sites excluding steroid dienone is 14. The highest BCUT2D eigenvalue weighted by molar-refractivity contribution is 5.77. The largest absolute Gasteiger partial charge is 0.462 e. The fourth-order valence-corrected chi connectivity index (χ4v) is 8.66. The number of aliphatic hydroxyl groups excluding tert-OH is 2. The van der Waals surface area contributed by atoms with E-state index in [2.05, 4.69) is 111 Å². The highest BCUT2D eigenvalue weighted by Gasteiger charge is 2.24. The van der Waals surface area contributed by atoms with Crippen molar-refractivity contribution >= 4 is 11.9 Å². The molecule has 0 heterocycles. The first-order valence-electron chi connectivity index (χ1n) is 29.8. The number of carbonyl (C=O) groups excluding carboxylic acids is 2. The van der Waals surface area contributed by atoms with Crippen LogP contribution in [0.25, 0.3) is 0 Å². The summed E-state index contributed by atoms with van der Waals surface area (Å²) in [6, 6.07) is -0.721.